The predicted molar refractivity (Wildman–Crippen MR) is 106 cm³/mol. The molecule has 4 rings (SSSR count). The fraction of sp³-hybridized carbons (Fsp3) is 0.389. The van der Waals surface area contributed by atoms with Crippen molar-refractivity contribution < 1.29 is 21.9 Å². The van der Waals surface area contributed by atoms with Gasteiger partial charge in [-0.3, -0.25) is 0 Å². The number of hydrogen-bond acceptors (Lipinski definition) is 7. The molecule has 1 aliphatic rings. The molecule has 3 aromatic rings. The molecule has 0 aromatic carbocycles. The molecule has 1 saturated heterocycles. The molecule has 1 N–H and O–H groups in total. The quantitative estimate of drug-likeness (QED) is 0.622. The van der Waals surface area contributed by atoms with E-state index in [1.54, 1.807) is 18.5 Å². The molecule has 3 aromatic heterocycles. The second kappa shape index (κ2) is 8.20. The number of nitrogens with zero attached hydrogens (tertiary/aromatic N) is 5. The predicted octanol–water partition coefficient (Wildman–Crippen LogP) is 1.48. The highest BCUT2D eigenvalue weighted by molar-refractivity contribution is 7.88. The summed E-state index contributed by atoms with van der Waals surface area (Å²) in [6.07, 6.45) is 1.31. The highest BCUT2D eigenvalue weighted by Gasteiger charge is 2.23. The Bertz CT molecular complexity index is 1150. The molecule has 1 atom stereocenters. The van der Waals surface area contributed by atoms with Crippen LogP contribution in [0.1, 0.15) is 12.1 Å². The summed E-state index contributed by atoms with van der Waals surface area (Å²) in [4.78, 5) is 10.6. The van der Waals surface area contributed by atoms with Crippen molar-refractivity contribution in [2.75, 3.05) is 37.4 Å². The van der Waals surface area contributed by atoms with Gasteiger partial charge in [0.05, 0.1) is 30.9 Å². The largest absolute Gasteiger partial charge is 0.373 e. The van der Waals surface area contributed by atoms with E-state index in [0.717, 1.165) is 11.8 Å². The molecule has 0 spiro atoms. The molecule has 0 amide bonds. The Hall–Kier alpha value is -2.70. The number of ether oxygens (including phenoxy) is 1. The standard InChI is InChI=1S/C18H20F2N6O3S/c1-30(27,28)23-9-13-11-25(6-7-29-13)17-8-12(4-5-21-17)15-10-22-16-3-2-14(18(19)20)24-26(15)16/h2-5,8,10,13,18,23H,6-7,9,11H2,1H3. The molecule has 160 valence electrons. The van der Waals surface area contributed by atoms with Gasteiger partial charge in [0.15, 0.2) is 5.65 Å². The number of rotatable bonds is 6. The third kappa shape index (κ3) is 4.55. The van der Waals surface area contributed by atoms with E-state index in [1.807, 2.05) is 11.0 Å². The number of sulfonamides is 1. The van der Waals surface area contributed by atoms with Gasteiger partial charge in [0.1, 0.15) is 11.5 Å². The lowest BCUT2D eigenvalue weighted by atomic mass is 10.2. The first-order valence-electron chi connectivity index (χ1n) is 9.20. The Labute approximate surface area is 171 Å². The number of anilines is 1. The molecule has 9 nitrogen and oxygen atoms in total. The number of halogens is 2. The van der Waals surface area contributed by atoms with E-state index in [2.05, 4.69) is 19.8 Å². The van der Waals surface area contributed by atoms with Crippen LogP contribution in [0, 0.1) is 0 Å². The second-order valence-electron chi connectivity index (χ2n) is 6.93. The lowest BCUT2D eigenvalue weighted by Crippen LogP contribution is -2.47. The van der Waals surface area contributed by atoms with Crippen LogP contribution >= 0.6 is 0 Å². The van der Waals surface area contributed by atoms with Gasteiger partial charge >= 0.3 is 0 Å². The van der Waals surface area contributed by atoms with E-state index in [4.69, 9.17) is 4.74 Å². The van der Waals surface area contributed by atoms with E-state index in [9.17, 15) is 17.2 Å². The summed E-state index contributed by atoms with van der Waals surface area (Å²) in [5.74, 6) is 0.667. The van der Waals surface area contributed by atoms with Crippen molar-refractivity contribution in [3.63, 3.8) is 0 Å². The Balaban J connectivity index is 1.59. The SMILES string of the molecule is CS(=O)(=O)NCC1CN(c2cc(-c3cnc4ccc(C(F)F)nn34)ccn2)CCO1. The number of aromatic nitrogens is 4. The maximum atomic E-state index is 13.0. The molecule has 0 saturated carbocycles. The van der Waals surface area contributed by atoms with Gasteiger partial charge in [0.2, 0.25) is 10.0 Å². The van der Waals surface area contributed by atoms with Crippen molar-refractivity contribution in [1.29, 1.82) is 0 Å². The molecular formula is C18H20F2N6O3S. The van der Waals surface area contributed by atoms with Crippen molar-refractivity contribution in [2.45, 2.75) is 12.5 Å². The second-order valence-corrected chi connectivity index (χ2v) is 8.77. The van der Waals surface area contributed by atoms with E-state index in [1.165, 1.54) is 16.6 Å². The first-order chi connectivity index (χ1) is 14.3. The van der Waals surface area contributed by atoms with Crippen LogP contribution in [0.5, 0.6) is 0 Å². The molecule has 30 heavy (non-hydrogen) atoms. The van der Waals surface area contributed by atoms with Gasteiger partial charge < -0.3 is 9.64 Å². The number of nitrogens with one attached hydrogen (secondary N) is 1. The molecule has 1 fully saturated rings. The summed E-state index contributed by atoms with van der Waals surface area (Å²) < 4.78 is 58.2. The minimum atomic E-state index is -3.31. The number of fused-ring (bicyclic) bond motifs is 1. The van der Waals surface area contributed by atoms with Crippen molar-refractivity contribution in [1.82, 2.24) is 24.3 Å². The van der Waals surface area contributed by atoms with Crippen molar-refractivity contribution in [3.8, 4) is 11.3 Å². The zero-order valence-electron chi connectivity index (χ0n) is 16.1. The van der Waals surface area contributed by atoms with Crippen LogP contribution in [-0.4, -0.2) is 66.6 Å². The lowest BCUT2D eigenvalue weighted by Gasteiger charge is -2.33. The number of hydrogen-bond donors (Lipinski definition) is 1. The molecule has 12 heteroatoms. The maximum Gasteiger partial charge on any atom is 0.282 e. The summed E-state index contributed by atoms with van der Waals surface area (Å²) in [5.41, 5.74) is 1.43. The maximum absolute atomic E-state index is 13.0. The Morgan fingerprint density at radius 1 is 1.30 bits per heavy atom. The number of morpholine rings is 1. The van der Waals surface area contributed by atoms with Crippen LogP contribution in [0.3, 0.4) is 0 Å². The summed E-state index contributed by atoms with van der Waals surface area (Å²) >= 11 is 0. The van der Waals surface area contributed by atoms with Gasteiger partial charge in [0.25, 0.3) is 6.43 Å². The molecule has 1 unspecified atom stereocenters. The van der Waals surface area contributed by atoms with E-state index < -0.39 is 16.4 Å². The minimum Gasteiger partial charge on any atom is -0.373 e. The first kappa shape index (κ1) is 20.6. The summed E-state index contributed by atoms with van der Waals surface area (Å²) in [6.45, 7) is 1.65. The summed E-state index contributed by atoms with van der Waals surface area (Å²) in [6, 6.07) is 6.34. The summed E-state index contributed by atoms with van der Waals surface area (Å²) in [5, 5.41) is 4.00. The van der Waals surface area contributed by atoms with Crippen LogP contribution in [0.15, 0.2) is 36.7 Å². The molecule has 4 heterocycles. The van der Waals surface area contributed by atoms with Crippen LogP contribution in [0.4, 0.5) is 14.6 Å². The highest BCUT2D eigenvalue weighted by Crippen LogP contribution is 2.25. The average molecular weight is 438 g/mol. The van der Waals surface area contributed by atoms with Crippen molar-refractivity contribution >= 4 is 21.5 Å². The molecular weight excluding hydrogens is 418 g/mol. The Morgan fingerprint density at radius 3 is 2.90 bits per heavy atom. The smallest absolute Gasteiger partial charge is 0.282 e. The monoisotopic (exact) mass is 438 g/mol. The summed E-state index contributed by atoms with van der Waals surface area (Å²) in [7, 11) is -3.31. The zero-order valence-corrected chi connectivity index (χ0v) is 16.9. The third-order valence-electron chi connectivity index (χ3n) is 4.68. The topological polar surface area (TPSA) is 102 Å². The number of alkyl halides is 2. The molecule has 0 aliphatic carbocycles. The van der Waals surface area contributed by atoms with Crippen LogP contribution < -0.4 is 9.62 Å². The van der Waals surface area contributed by atoms with Crippen molar-refractivity contribution in [2.24, 2.45) is 0 Å². The fourth-order valence-corrected chi connectivity index (χ4v) is 3.74. The van der Waals surface area contributed by atoms with Gasteiger partial charge in [-0.1, -0.05) is 0 Å². The molecule has 0 bridgehead atoms. The van der Waals surface area contributed by atoms with Crippen LogP contribution in [-0.2, 0) is 14.8 Å². The van der Waals surface area contributed by atoms with E-state index >= 15 is 0 Å². The van der Waals surface area contributed by atoms with Gasteiger partial charge in [-0.25, -0.2) is 36.4 Å². The highest BCUT2D eigenvalue weighted by atomic mass is 32.2. The fourth-order valence-electron chi connectivity index (χ4n) is 3.25. The normalized spacial score (nSPS) is 17.7. The van der Waals surface area contributed by atoms with Gasteiger partial charge in [-0.2, -0.15) is 5.10 Å². The number of pyridine rings is 1. The number of imidazole rings is 1. The zero-order chi connectivity index (χ0) is 21.3. The lowest BCUT2D eigenvalue weighted by molar-refractivity contribution is 0.0440. The van der Waals surface area contributed by atoms with Crippen LogP contribution in [0.25, 0.3) is 16.9 Å². The van der Waals surface area contributed by atoms with E-state index in [0.29, 0.717) is 36.9 Å². The Kier molecular flexibility index (Phi) is 5.62. The van der Waals surface area contributed by atoms with Gasteiger partial charge in [-0.15, -0.1) is 0 Å². The van der Waals surface area contributed by atoms with Crippen molar-refractivity contribution in [3.05, 3.63) is 42.4 Å². The van der Waals surface area contributed by atoms with Crippen LogP contribution in [0.2, 0.25) is 0 Å². The van der Waals surface area contributed by atoms with E-state index in [-0.39, 0.29) is 18.3 Å². The molecule has 0 radical (unpaired) electrons. The minimum absolute atomic E-state index is 0.169. The molecule has 1 aliphatic heterocycles. The Morgan fingerprint density at radius 2 is 2.13 bits per heavy atom. The average Bonchev–Trinajstić information content (AvgIpc) is 3.15. The van der Waals surface area contributed by atoms with Gasteiger partial charge in [-0.05, 0) is 24.3 Å². The first-order valence-corrected chi connectivity index (χ1v) is 11.1. The van der Waals surface area contributed by atoms with Gasteiger partial charge in [0, 0.05) is 31.4 Å². The third-order valence-corrected chi connectivity index (χ3v) is 5.37.